The van der Waals surface area contributed by atoms with Gasteiger partial charge in [0.2, 0.25) is 5.91 Å². The van der Waals surface area contributed by atoms with Crippen molar-refractivity contribution in [3.63, 3.8) is 0 Å². The fraction of sp³-hybridized carbons (Fsp3) is 0.500. The number of benzene rings is 1. The van der Waals surface area contributed by atoms with Crippen LogP contribution in [-0.4, -0.2) is 19.0 Å². The van der Waals surface area contributed by atoms with Crippen molar-refractivity contribution in [3.8, 4) is 0 Å². The van der Waals surface area contributed by atoms with E-state index in [0.29, 0.717) is 0 Å². The van der Waals surface area contributed by atoms with Crippen LogP contribution in [0.5, 0.6) is 0 Å². The summed E-state index contributed by atoms with van der Waals surface area (Å²) in [5, 5.41) is 3.28. The minimum Gasteiger partial charge on any atom is -0.311 e. The number of likely N-dealkylation sites (N-methyl/N-ethyl adjacent to an activating group) is 2. The highest BCUT2D eigenvalue weighted by molar-refractivity contribution is 6.05. The van der Waals surface area contributed by atoms with Crippen LogP contribution in [0.25, 0.3) is 0 Å². The first-order valence-electron chi connectivity index (χ1n) is 6.26. The molecule has 1 aliphatic rings. The molecule has 1 atom stereocenters. The maximum Gasteiger partial charge on any atom is 0.248 e. The van der Waals surface area contributed by atoms with Gasteiger partial charge in [-0.15, -0.1) is 0 Å². The number of fused-ring (bicyclic) bond motifs is 1. The molecule has 0 spiro atoms. The fourth-order valence-corrected chi connectivity index (χ4v) is 2.67. The number of nitrogens with zero attached hydrogens (tertiary/aromatic N) is 1. The summed E-state index contributed by atoms with van der Waals surface area (Å²) in [5.41, 5.74) is 4.66. The zero-order valence-corrected chi connectivity index (χ0v) is 11.0. The van der Waals surface area contributed by atoms with E-state index in [2.05, 4.69) is 31.3 Å². The van der Waals surface area contributed by atoms with Crippen molar-refractivity contribution in [1.82, 2.24) is 5.32 Å². The first-order chi connectivity index (χ1) is 8.10. The van der Waals surface area contributed by atoms with Gasteiger partial charge >= 0.3 is 0 Å². The molecule has 0 aromatic heterocycles. The Balaban J connectivity index is 2.56. The van der Waals surface area contributed by atoms with Gasteiger partial charge in [-0.3, -0.25) is 4.79 Å². The number of aryl methyl sites for hydroxylation is 2. The van der Waals surface area contributed by atoms with E-state index in [1.165, 1.54) is 11.1 Å². The molecule has 1 aromatic carbocycles. The summed E-state index contributed by atoms with van der Waals surface area (Å²) < 4.78 is 0. The molecule has 3 heteroatoms. The van der Waals surface area contributed by atoms with E-state index in [4.69, 9.17) is 0 Å². The highest BCUT2D eigenvalue weighted by atomic mass is 16.2. The van der Waals surface area contributed by atoms with Crippen molar-refractivity contribution in [2.24, 2.45) is 0 Å². The Labute approximate surface area is 103 Å². The predicted molar refractivity (Wildman–Crippen MR) is 70.4 cm³/mol. The maximum atomic E-state index is 12.3. The summed E-state index contributed by atoms with van der Waals surface area (Å²) in [4.78, 5) is 14.2. The maximum absolute atomic E-state index is 12.3. The van der Waals surface area contributed by atoms with E-state index in [0.717, 1.165) is 24.3 Å². The minimum atomic E-state index is -0.157. The SMILES string of the molecule is CCNC1C(=O)N(CC)c2cc(C)cc(C)c21. The summed E-state index contributed by atoms with van der Waals surface area (Å²) in [7, 11) is 0. The van der Waals surface area contributed by atoms with Gasteiger partial charge in [0.05, 0.1) is 0 Å². The topological polar surface area (TPSA) is 32.3 Å². The number of rotatable bonds is 3. The van der Waals surface area contributed by atoms with E-state index in [-0.39, 0.29) is 11.9 Å². The second-order valence-electron chi connectivity index (χ2n) is 4.59. The first kappa shape index (κ1) is 12.1. The Bertz CT molecular complexity index is 454. The van der Waals surface area contributed by atoms with Crippen LogP contribution in [0.4, 0.5) is 5.69 Å². The normalized spacial score (nSPS) is 18.7. The Morgan fingerprint density at radius 2 is 2.00 bits per heavy atom. The molecule has 1 heterocycles. The predicted octanol–water partition coefficient (Wildman–Crippen LogP) is 2.32. The minimum absolute atomic E-state index is 0.157. The Kier molecular flexibility index (Phi) is 3.20. The van der Waals surface area contributed by atoms with Gasteiger partial charge in [-0.1, -0.05) is 13.0 Å². The molecule has 0 aliphatic carbocycles. The monoisotopic (exact) mass is 232 g/mol. The Morgan fingerprint density at radius 1 is 1.29 bits per heavy atom. The van der Waals surface area contributed by atoms with Crippen LogP contribution in [-0.2, 0) is 4.79 Å². The van der Waals surface area contributed by atoms with Crippen molar-refractivity contribution < 1.29 is 4.79 Å². The molecule has 3 nitrogen and oxygen atoms in total. The van der Waals surface area contributed by atoms with Crippen LogP contribution in [0.15, 0.2) is 12.1 Å². The first-order valence-corrected chi connectivity index (χ1v) is 6.26. The van der Waals surface area contributed by atoms with E-state index in [9.17, 15) is 4.79 Å². The molecule has 0 saturated carbocycles. The average Bonchev–Trinajstić information content (AvgIpc) is 2.52. The van der Waals surface area contributed by atoms with Crippen molar-refractivity contribution >= 4 is 11.6 Å². The molecule has 92 valence electrons. The molecule has 2 rings (SSSR count). The second-order valence-corrected chi connectivity index (χ2v) is 4.59. The van der Waals surface area contributed by atoms with E-state index < -0.39 is 0 Å². The molecule has 1 aromatic rings. The van der Waals surface area contributed by atoms with Gasteiger partial charge < -0.3 is 10.2 Å². The van der Waals surface area contributed by atoms with Gasteiger partial charge in [0.1, 0.15) is 6.04 Å². The molecular weight excluding hydrogens is 212 g/mol. The number of carbonyl (C=O) groups is 1. The highest BCUT2D eigenvalue weighted by Gasteiger charge is 2.36. The standard InChI is InChI=1S/C14H20N2O/c1-5-15-13-12-10(4)7-9(3)8-11(12)16(6-2)14(13)17/h7-8,13,15H,5-6H2,1-4H3. The van der Waals surface area contributed by atoms with Gasteiger partial charge in [0, 0.05) is 17.8 Å². The third-order valence-electron chi connectivity index (χ3n) is 3.33. The molecular formula is C14H20N2O. The third kappa shape index (κ3) is 1.84. The lowest BCUT2D eigenvalue weighted by molar-refractivity contribution is -0.119. The summed E-state index contributed by atoms with van der Waals surface area (Å²) in [5.74, 6) is 0.179. The lowest BCUT2D eigenvalue weighted by Gasteiger charge is -2.15. The summed E-state index contributed by atoms with van der Waals surface area (Å²) in [6, 6.07) is 4.10. The van der Waals surface area contributed by atoms with Gasteiger partial charge in [-0.25, -0.2) is 0 Å². The van der Waals surface area contributed by atoms with Gasteiger partial charge in [0.15, 0.2) is 0 Å². The van der Waals surface area contributed by atoms with Gasteiger partial charge in [0.25, 0.3) is 0 Å². The van der Waals surface area contributed by atoms with E-state index >= 15 is 0 Å². The fourth-order valence-electron chi connectivity index (χ4n) is 2.67. The van der Waals surface area contributed by atoms with Gasteiger partial charge in [-0.2, -0.15) is 0 Å². The van der Waals surface area contributed by atoms with Crippen LogP contribution in [0.3, 0.4) is 0 Å². The number of anilines is 1. The molecule has 1 unspecified atom stereocenters. The Hall–Kier alpha value is -1.35. The average molecular weight is 232 g/mol. The lowest BCUT2D eigenvalue weighted by Crippen LogP contribution is -2.34. The largest absolute Gasteiger partial charge is 0.311 e. The molecule has 0 fully saturated rings. The zero-order valence-electron chi connectivity index (χ0n) is 11.0. The number of amides is 1. The van der Waals surface area contributed by atoms with Crippen LogP contribution in [0.1, 0.15) is 36.6 Å². The quantitative estimate of drug-likeness (QED) is 0.867. The lowest BCUT2D eigenvalue weighted by atomic mass is 10.00. The van der Waals surface area contributed by atoms with Gasteiger partial charge in [-0.05, 0) is 44.5 Å². The molecule has 1 aliphatic heterocycles. The summed E-state index contributed by atoms with van der Waals surface area (Å²) in [6.07, 6.45) is 0. The molecule has 17 heavy (non-hydrogen) atoms. The Morgan fingerprint density at radius 3 is 2.59 bits per heavy atom. The highest BCUT2D eigenvalue weighted by Crippen LogP contribution is 2.38. The van der Waals surface area contributed by atoms with Crippen LogP contribution >= 0.6 is 0 Å². The zero-order chi connectivity index (χ0) is 12.6. The van der Waals surface area contributed by atoms with Crippen molar-refractivity contribution in [1.29, 1.82) is 0 Å². The van der Waals surface area contributed by atoms with E-state index in [1.807, 2.05) is 18.7 Å². The number of hydrogen-bond acceptors (Lipinski definition) is 2. The smallest absolute Gasteiger partial charge is 0.248 e. The van der Waals surface area contributed by atoms with Crippen molar-refractivity contribution in [3.05, 3.63) is 28.8 Å². The molecule has 0 saturated heterocycles. The van der Waals surface area contributed by atoms with E-state index in [1.54, 1.807) is 0 Å². The van der Waals surface area contributed by atoms with Crippen LogP contribution in [0, 0.1) is 13.8 Å². The van der Waals surface area contributed by atoms with Crippen LogP contribution < -0.4 is 10.2 Å². The summed E-state index contributed by atoms with van der Waals surface area (Å²) >= 11 is 0. The molecule has 1 amide bonds. The van der Waals surface area contributed by atoms with Crippen LogP contribution in [0.2, 0.25) is 0 Å². The molecule has 0 bridgehead atoms. The van der Waals surface area contributed by atoms with Crippen molar-refractivity contribution in [2.75, 3.05) is 18.0 Å². The van der Waals surface area contributed by atoms with Crippen molar-refractivity contribution in [2.45, 2.75) is 33.7 Å². The molecule has 0 radical (unpaired) electrons. The summed E-state index contributed by atoms with van der Waals surface area (Å²) in [6.45, 7) is 9.75. The second kappa shape index (κ2) is 4.49. The number of carbonyl (C=O) groups excluding carboxylic acids is 1. The number of nitrogens with one attached hydrogen (secondary N) is 1. The molecule has 1 N–H and O–H groups in total. The third-order valence-corrected chi connectivity index (χ3v) is 3.33. The number of hydrogen-bond donors (Lipinski definition) is 1.